The molecule has 118 valence electrons. The number of methoxy groups -OCH3 is 2. The maximum atomic E-state index is 6.27. The molecule has 2 rings (SSSR count). The van der Waals surface area contributed by atoms with Crippen molar-refractivity contribution >= 4 is 23.2 Å². The van der Waals surface area contributed by atoms with Crippen LogP contribution in [0.15, 0.2) is 36.4 Å². The van der Waals surface area contributed by atoms with Crippen LogP contribution in [0.4, 0.5) is 0 Å². The largest absolute Gasteiger partial charge is 0.493 e. The van der Waals surface area contributed by atoms with Crippen LogP contribution in [0.5, 0.6) is 11.5 Å². The van der Waals surface area contributed by atoms with E-state index in [-0.39, 0.29) is 5.92 Å². The minimum Gasteiger partial charge on any atom is -0.493 e. The van der Waals surface area contributed by atoms with Crippen LogP contribution >= 0.6 is 23.2 Å². The number of hydrogen-bond acceptors (Lipinski definition) is 3. The normalized spacial score (nSPS) is 12.0. The van der Waals surface area contributed by atoms with Gasteiger partial charge in [0, 0.05) is 5.92 Å². The molecule has 2 aromatic carbocycles. The van der Waals surface area contributed by atoms with E-state index in [0.29, 0.717) is 34.5 Å². The lowest BCUT2D eigenvalue weighted by atomic mass is 9.91. The van der Waals surface area contributed by atoms with Gasteiger partial charge in [-0.15, -0.1) is 0 Å². The summed E-state index contributed by atoms with van der Waals surface area (Å²) >= 11 is 12.3. The van der Waals surface area contributed by atoms with Gasteiger partial charge < -0.3 is 15.2 Å². The monoisotopic (exact) mass is 339 g/mol. The molecule has 0 saturated carbocycles. The molecule has 0 aliphatic heterocycles. The first-order valence-electron chi connectivity index (χ1n) is 6.95. The zero-order valence-corrected chi connectivity index (χ0v) is 14.1. The predicted octanol–water partition coefficient (Wildman–Crippen LogP) is 4.30. The fraction of sp³-hybridized carbons (Fsp3) is 0.294. The third-order valence-electron chi connectivity index (χ3n) is 3.66. The molecule has 0 saturated heterocycles. The average molecular weight is 340 g/mol. The van der Waals surface area contributed by atoms with Crippen molar-refractivity contribution in [2.24, 2.45) is 5.73 Å². The fourth-order valence-corrected chi connectivity index (χ4v) is 2.81. The Kier molecular flexibility index (Phi) is 5.95. The number of halogens is 2. The van der Waals surface area contributed by atoms with Gasteiger partial charge in [0.25, 0.3) is 0 Å². The lowest BCUT2D eigenvalue weighted by Gasteiger charge is -2.18. The molecule has 22 heavy (non-hydrogen) atoms. The Hall–Kier alpha value is -1.42. The second-order valence-corrected chi connectivity index (χ2v) is 5.75. The zero-order chi connectivity index (χ0) is 16.1. The molecule has 0 amide bonds. The van der Waals surface area contributed by atoms with Crippen molar-refractivity contribution in [3.63, 3.8) is 0 Å². The molecule has 1 unspecified atom stereocenters. The topological polar surface area (TPSA) is 44.5 Å². The van der Waals surface area contributed by atoms with E-state index in [0.717, 1.165) is 11.1 Å². The van der Waals surface area contributed by atoms with Crippen LogP contribution < -0.4 is 15.2 Å². The van der Waals surface area contributed by atoms with E-state index in [1.807, 2.05) is 30.3 Å². The standard InChI is InChI=1S/C17H19Cl2NO2/c1-21-15-7-6-11(9-16(15)22-2)13(10-20)8-12-4-3-5-14(18)17(12)19/h3-7,9,13H,8,10,20H2,1-2H3. The predicted molar refractivity (Wildman–Crippen MR) is 91.5 cm³/mol. The molecule has 2 aromatic rings. The highest BCUT2D eigenvalue weighted by Crippen LogP contribution is 2.33. The molecule has 0 aliphatic carbocycles. The SMILES string of the molecule is COc1ccc(C(CN)Cc2cccc(Cl)c2Cl)cc1OC. The van der Waals surface area contributed by atoms with E-state index in [1.54, 1.807) is 20.3 Å². The third kappa shape index (κ3) is 3.67. The molecule has 1 atom stereocenters. The molecule has 0 aromatic heterocycles. The number of nitrogens with two attached hydrogens (primary N) is 1. The summed E-state index contributed by atoms with van der Waals surface area (Å²) in [7, 11) is 3.23. The van der Waals surface area contributed by atoms with Crippen molar-refractivity contribution < 1.29 is 9.47 Å². The number of ether oxygens (including phenoxy) is 2. The summed E-state index contributed by atoms with van der Waals surface area (Å²) in [5.74, 6) is 1.51. The highest BCUT2D eigenvalue weighted by atomic mass is 35.5. The Morgan fingerprint density at radius 1 is 1.05 bits per heavy atom. The van der Waals surface area contributed by atoms with Crippen LogP contribution in [-0.2, 0) is 6.42 Å². The molecule has 3 nitrogen and oxygen atoms in total. The Morgan fingerprint density at radius 2 is 1.77 bits per heavy atom. The maximum absolute atomic E-state index is 6.27. The zero-order valence-electron chi connectivity index (χ0n) is 12.6. The van der Waals surface area contributed by atoms with Crippen LogP contribution in [-0.4, -0.2) is 20.8 Å². The summed E-state index contributed by atoms with van der Waals surface area (Å²) in [6.45, 7) is 0.498. The lowest BCUT2D eigenvalue weighted by molar-refractivity contribution is 0.354. The minimum absolute atomic E-state index is 0.121. The van der Waals surface area contributed by atoms with Crippen molar-refractivity contribution in [2.75, 3.05) is 20.8 Å². The molecular weight excluding hydrogens is 321 g/mol. The quantitative estimate of drug-likeness (QED) is 0.853. The molecule has 0 radical (unpaired) electrons. The van der Waals surface area contributed by atoms with E-state index < -0.39 is 0 Å². The first-order chi connectivity index (χ1) is 10.6. The Balaban J connectivity index is 2.30. The average Bonchev–Trinajstić information content (AvgIpc) is 2.55. The van der Waals surface area contributed by atoms with Gasteiger partial charge in [0.1, 0.15) is 0 Å². The molecule has 2 N–H and O–H groups in total. The molecule has 0 spiro atoms. The summed E-state index contributed by atoms with van der Waals surface area (Å²) in [5.41, 5.74) is 8.02. The van der Waals surface area contributed by atoms with Crippen LogP contribution in [0.2, 0.25) is 10.0 Å². The Labute approximate surface area is 140 Å². The Morgan fingerprint density at radius 3 is 2.41 bits per heavy atom. The van der Waals surface area contributed by atoms with Crippen molar-refractivity contribution in [3.8, 4) is 11.5 Å². The van der Waals surface area contributed by atoms with Gasteiger partial charge in [-0.2, -0.15) is 0 Å². The van der Waals surface area contributed by atoms with Gasteiger partial charge in [-0.25, -0.2) is 0 Å². The van der Waals surface area contributed by atoms with Gasteiger partial charge in [0.2, 0.25) is 0 Å². The van der Waals surface area contributed by atoms with Crippen LogP contribution in [0.3, 0.4) is 0 Å². The number of hydrogen-bond donors (Lipinski definition) is 1. The highest BCUT2D eigenvalue weighted by molar-refractivity contribution is 6.42. The number of rotatable bonds is 6. The van der Waals surface area contributed by atoms with Crippen molar-refractivity contribution in [2.45, 2.75) is 12.3 Å². The van der Waals surface area contributed by atoms with E-state index in [4.69, 9.17) is 38.4 Å². The summed E-state index contributed by atoms with van der Waals surface area (Å²) in [4.78, 5) is 0. The van der Waals surface area contributed by atoms with Gasteiger partial charge in [-0.05, 0) is 42.3 Å². The highest BCUT2D eigenvalue weighted by Gasteiger charge is 2.16. The van der Waals surface area contributed by atoms with Gasteiger partial charge in [0.05, 0.1) is 24.3 Å². The van der Waals surface area contributed by atoms with Gasteiger partial charge >= 0.3 is 0 Å². The van der Waals surface area contributed by atoms with Crippen molar-refractivity contribution in [1.29, 1.82) is 0 Å². The maximum Gasteiger partial charge on any atom is 0.160 e. The summed E-state index contributed by atoms with van der Waals surface area (Å²) in [5, 5.41) is 1.14. The Bertz CT molecular complexity index is 647. The first kappa shape index (κ1) is 16.9. The third-order valence-corrected chi connectivity index (χ3v) is 4.52. The molecule has 0 bridgehead atoms. The smallest absolute Gasteiger partial charge is 0.160 e. The first-order valence-corrected chi connectivity index (χ1v) is 7.71. The van der Waals surface area contributed by atoms with Gasteiger partial charge in [-0.1, -0.05) is 41.4 Å². The van der Waals surface area contributed by atoms with E-state index >= 15 is 0 Å². The lowest BCUT2D eigenvalue weighted by Crippen LogP contribution is -2.15. The van der Waals surface area contributed by atoms with E-state index in [9.17, 15) is 0 Å². The van der Waals surface area contributed by atoms with Gasteiger partial charge in [-0.3, -0.25) is 0 Å². The summed E-state index contributed by atoms with van der Waals surface area (Å²) in [6, 6.07) is 11.5. The second-order valence-electron chi connectivity index (χ2n) is 4.96. The molecular formula is C17H19Cl2NO2. The second kappa shape index (κ2) is 7.73. The molecule has 0 aliphatic rings. The summed E-state index contributed by atoms with van der Waals surface area (Å²) < 4.78 is 10.6. The van der Waals surface area contributed by atoms with Crippen molar-refractivity contribution in [3.05, 3.63) is 57.6 Å². The minimum atomic E-state index is 0.121. The van der Waals surface area contributed by atoms with E-state index in [1.165, 1.54) is 0 Å². The molecule has 0 fully saturated rings. The van der Waals surface area contributed by atoms with Crippen molar-refractivity contribution in [1.82, 2.24) is 0 Å². The molecule has 5 heteroatoms. The van der Waals surface area contributed by atoms with E-state index in [2.05, 4.69) is 0 Å². The number of benzene rings is 2. The van der Waals surface area contributed by atoms with Gasteiger partial charge in [0.15, 0.2) is 11.5 Å². The fourth-order valence-electron chi connectivity index (χ4n) is 2.42. The molecule has 0 heterocycles. The van der Waals surface area contributed by atoms with Crippen LogP contribution in [0.1, 0.15) is 17.0 Å². The van der Waals surface area contributed by atoms with Crippen LogP contribution in [0, 0.1) is 0 Å². The summed E-state index contributed by atoms with van der Waals surface area (Å²) in [6.07, 6.45) is 0.714. The van der Waals surface area contributed by atoms with Crippen LogP contribution in [0.25, 0.3) is 0 Å².